The van der Waals surface area contributed by atoms with Crippen LogP contribution >= 0.6 is 0 Å². The predicted octanol–water partition coefficient (Wildman–Crippen LogP) is 2.81. The lowest BCUT2D eigenvalue weighted by Gasteiger charge is -2.17. The molecule has 0 unspecified atom stereocenters. The minimum atomic E-state index is -3.60. The summed E-state index contributed by atoms with van der Waals surface area (Å²) in [5.74, 6) is 1.08. The number of aryl methyl sites for hydroxylation is 1. The molecule has 0 bridgehead atoms. The number of amides is 1. The quantitative estimate of drug-likeness (QED) is 0.334. The Morgan fingerprint density at radius 2 is 2.00 bits per heavy atom. The molecule has 2 aromatic carbocycles. The molecule has 0 saturated heterocycles. The van der Waals surface area contributed by atoms with Gasteiger partial charge in [0.05, 0.1) is 36.0 Å². The molecule has 1 atom stereocenters. The lowest BCUT2D eigenvalue weighted by Crippen LogP contribution is -2.18. The van der Waals surface area contributed by atoms with Gasteiger partial charge in [0, 0.05) is 35.8 Å². The highest BCUT2D eigenvalue weighted by molar-refractivity contribution is 7.86. The zero-order chi connectivity index (χ0) is 24.1. The second-order valence-corrected chi connectivity index (χ2v) is 10.9. The standard InChI is InChI=1S/C23H25N3O6S2/c1-34(29,30)32-16-18-5-2-3-6-21(18)26-12-11-24-23(26)33(28)14-4-13-31-19-8-9-20-17(15-19)7-10-22(27)25-20/h2-3,5-6,8-9,11-12,15H,4,7,10,13-14,16H2,1H3,(H,25,27)/t33-/m0/s1. The summed E-state index contributed by atoms with van der Waals surface area (Å²) in [4.78, 5) is 15.7. The van der Waals surface area contributed by atoms with E-state index < -0.39 is 20.9 Å². The number of fused-ring (bicyclic) bond motifs is 1. The minimum absolute atomic E-state index is 0.0209. The Morgan fingerprint density at radius 3 is 2.82 bits per heavy atom. The highest BCUT2D eigenvalue weighted by atomic mass is 32.2. The van der Waals surface area contributed by atoms with Crippen LogP contribution < -0.4 is 10.1 Å². The van der Waals surface area contributed by atoms with Gasteiger partial charge in [0.15, 0.2) is 0 Å². The van der Waals surface area contributed by atoms with Crippen LogP contribution in [0.1, 0.15) is 24.0 Å². The fourth-order valence-corrected chi connectivity index (χ4v) is 5.06. The number of ether oxygens (including phenoxy) is 1. The van der Waals surface area contributed by atoms with Gasteiger partial charge in [-0.2, -0.15) is 8.42 Å². The normalized spacial score (nSPS) is 14.3. The predicted molar refractivity (Wildman–Crippen MR) is 128 cm³/mol. The van der Waals surface area contributed by atoms with E-state index >= 15 is 0 Å². The van der Waals surface area contributed by atoms with Crippen molar-refractivity contribution >= 4 is 32.5 Å². The molecule has 9 nitrogen and oxygen atoms in total. The Kier molecular flexibility index (Phi) is 7.44. The van der Waals surface area contributed by atoms with Crippen molar-refractivity contribution in [1.29, 1.82) is 0 Å². The number of rotatable bonds is 10. The van der Waals surface area contributed by atoms with Crippen molar-refractivity contribution in [3.63, 3.8) is 0 Å². The Morgan fingerprint density at radius 1 is 1.18 bits per heavy atom. The zero-order valence-electron chi connectivity index (χ0n) is 18.6. The van der Waals surface area contributed by atoms with E-state index in [1.165, 1.54) is 0 Å². The summed E-state index contributed by atoms with van der Waals surface area (Å²) < 4.78 is 48.2. The molecule has 2 heterocycles. The molecule has 1 aliphatic heterocycles. The number of imidazole rings is 1. The van der Waals surface area contributed by atoms with Crippen LogP contribution in [0.4, 0.5) is 5.69 Å². The fourth-order valence-electron chi connectivity index (χ4n) is 3.60. The lowest BCUT2D eigenvalue weighted by atomic mass is 10.0. The molecule has 0 aliphatic carbocycles. The molecule has 0 spiro atoms. The van der Waals surface area contributed by atoms with Gasteiger partial charge in [-0.05, 0) is 42.7 Å². The number of hydrogen-bond acceptors (Lipinski definition) is 7. The third-order valence-corrected chi connectivity index (χ3v) is 7.12. The van der Waals surface area contributed by atoms with Crippen LogP contribution in [0.2, 0.25) is 0 Å². The van der Waals surface area contributed by atoms with E-state index in [1.54, 1.807) is 35.2 Å². The van der Waals surface area contributed by atoms with Gasteiger partial charge < -0.3 is 10.1 Å². The number of anilines is 1. The molecule has 11 heteroatoms. The molecule has 1 amide bonds. The second-order valence-electron chi connectivity index (χ2n) is 7.79. The van der Waals surface area contributed by atoms with E-state index in [0.29, 0.717) is 53.8 Å². The largest absolute Gasteiger partial charge is 0.494 e. The maximum Gasteiger partial charge on any atom is 0.264 e. The zero-order valence-corrected chi connectivity index (χ0v) is 20.2. The van der Waals surface area contributed by atoms with Crippen LogP contribution in [-0.4, -0.2) is 46.7 Å². The van der Waals surface area contributed by atoms with Gasteiger partial charge in [0.1, 0.15) is 5.75 Å². The Bertz CT molecular complexity index is 1320. The Balaban J connectivity index is 1.36. The maximum absolute atomic E-state index is 13.0. The van der Waals surface area contributed by atoms with Crippen molar-refractivity contribution in [2.75, 3.05) is 23.9 Å². The molecule has 1 aromatic heterocycles. The minimum Gasteiger partial charge on any atom is -0.494 e. The number of hydrogen-bond donors (Lipinski definition) is 1. The van der Waals surface area contributed by atoms with Gasteiger partial charge in [-0.1, -0.05) is 18.2 Å². The number of para-hydroxylation sites is 1. The highest BCUT2D eigenvalue weighted by Gasteiger charge is 2.17. The third kappa shape index (κ3) is 6.10. The van der Waals surface area contributed by atoms with Crippen LogP contribution in [-0.2, 0) is 42.9 Å². The van der Waals surface area contributed by atoms with E-state index in [0.717, 1.165) is 17.5 Å². The highest BCUT2D eigenvalue weighted by Crippen LogP contribution is 2.27. The van der Waals surface area contributed by atoms with Gasteiger partial charge in [-0.15, -0.1) is 0 Å². The summed E-state index contributed by atoms with van der Waals surface area (Å²) >= 11 is 0. The topological polar surface area (TPSA) is 117 Å². The molecule has 3 aromatic rings. The number of nitrogens with zero attached hydrogens (tertiary/aromatic N) is 2. The van der Waals surface area contributed by atoms with E-state index in [1.807, 2.05) is 24.3 Å². The molecule has 1 aliphatic rings. The van der Waals surface area contributed by atoms with E-state index in [-0.39, 0.29) is 12.5 Å². The average molecular weight is 504 g/mol. The molecule has 0 saturated carbocycles. The lowest BCUT2D eigenvalue weighted by molar-refractivity contribution is -0.116. The monoisotopic (exact) mass is 503 g/mol. The summed E-state index contributed by atoms with van der Waals surface area (Å²) in [6.07, 6.45) is 5.94. The van der Waals surface area contributed by atoms with Crippen molar-refractivity contribution in [1.82, 2.24) is 9.55 Å². The number of benzene rings is 2. The van der Waals surface area contributed by atoms with Crippen molar-refractivity contribution in [2.45, 2.75) is 31.0 Å². The van der Waals surface area contributed by atoms with Gasteiger partial charge in [-0.25, -0.2) is 4.98 Å². The first kappa shape index (κ1) is 24.1. The Labute approximate surface area is 200 Å². The first-order valence-corrected chi connectivity index (χ1v) is 13.8. The maximum atomic E-state index is 13.0. The van der Waals surface area contributed by atoms with Gasteiger partial charge in [0.25, 0.3) is 10.1 Å². The van der Waals surface area contributed by atoms with E-state index in [9.17, 15) is 17.4 Å². The van der Waals surface area contributed by atoms with E-state index in [2.05, 4.69) is 10.3 Å². The molecule has 0 radical (unpaired) electrons. The average Bonchev–Trinajstić information content (AvgIpc) is 3.30. The fraction of sp³-hybridized carbons (Fsp3) is 0.304. The first-order chi connectivity index (χ1) is 16.3. The van der Waals surface area contributed by atoms with Gasteiger partial charge in [0.2, 0.25) is 11.1 Å². The number of carbonyl (C=O) groups excluding carboxylic acids is 1. The van der Waals surface area contributed by atoms with Crippen LogP contribution in [0.25, 0.3) is 5.69 Å². The van der Waals surface area contributed by atoms with Crippen LogP contribution in [0, 0.1) is 0 Å². The molecule has 180 valence electrons. The SMILES string of the molecule is CS(=O)(=O)OCc1ccccc1-n1ccnc1[S@@](=O)CCCOc1ccc2c(c1)CCC(=O)N2. The Hall–Kier alpha value is -3.02. The first-order valence-electron chi connectivity index (χ1n) is 10.7. The summed E-state index contributed by atoms with van der Waals surface area (Å²) in [7, 11) is -4.99. The van der Waals surface area contributed by atoms with Gasteiger partial charge >= 0.3 is 0 Å². The smallest absolute Gasteiger partial charge is 0.264 e. The third-order valence-electron chi connectivity index (χ3n) is 5.21. The molecule has 34 heavy (non-hydrogen) atoms. The summed E-state index contributed by atoms with van der Waals surface area (Å²) in [6, 6.07) is 12.7. The molecular formula is C23H25N3O6S2. The second kappa shape index (κ2) is 10.5. The van der Waals surface area contributed by atoms with Crippen molar-refractivity contribution in [3.8, 4) is 11.4 Å². The summed E-state index contributed by atoms with van der Waals surface area (Å²) in [5.41, 5.74) is 3.15. The number of aromatic nitrogens is 2. The molecule has 0 fully saturated rings. The van der Waals surface area contributed by atoms with Crippen LogP contribution in [0.5, 0.6) is 5.75 Å². The van der Waals surface area contributed by atoms with Crippen LogP contribution in [0.3, 0.4) is 0 Å². The number of carbonyl (C=O) groups is 1. The number of nitrogens with one attached hydrogen (secondary N) is 1. The van der Waals surface area contributed by atoms with Gasteiger partial charge in [-0.3, -0.25) is 17.8 Å². The molecule has 1 N–H and O–H groups in total. The van der Waals surface area contributed by atoms with Crippen LogP contribution in [0.15, 0.2) is 60.0 Å². The van der Waals surface area contributed by atoms with Crippen molar-refractivity contribution in [3.05, 3.63) is 66.0 Å². The summed E-state index contributed by atoms with van der Waals surface area (Å²) in [5, 5.41) is 3.21. The van der Waals surface area contributed by atoms with Crippen molar-refractivity contribution in [2.24, 2.45) is 0 Å². The van der Waals surface area contributed by atoms with Crippen molar-refractivity contribution < 1.29 is 26.3 Å². The van der Waals surface area contributed by atoms with E-state index in [4.69, 9.17) is 8.92 Å². The molecule has 4 rings (SSSR count). The summed E-state index contributed by atoms with van der Waals surface area (Å²) in [6.45, 7) is 0.258. The molecular weight excluding hydrogens is 478 g/mol.